The van der Waals surface area contributed by atoms with E-state index < -0.39 is 6.04 Å². The van der Waals surface area contributed by atoms with Crippen LogP contribution in [0.2, 0.25) is 0 Å². The van der Waals surface area contributed by atoms with Gasteiger partial charge >= 0.3 is 0 Å². The molecule has 1 aliphatic heterocycles. The Morgan fingerprint density at radius 3 is 2.70 bits per heavy atom. The van der Waals surface area contributed by atoms with Crippen LogP contribution in [0.15, 0.2) is 66.0 Å². The van der Waals surface area contributed by atoms with Crippen molar-refractivity contribution in [1.82, 2.24) is 9.78 Å². The molecule has 8 heteroatoms. The predicted octanol–water partition coefficient (Wildman–Crippen LogP) is 4.17. The fourth-order valence-corrected chi connectivity index (χ4v) is 4.48. The van der Waals surface area contributed by atoms with Crippen molar-refractivity contribution in [1.29, 1.82) is 0 Å². The first-order chi connectivity index (χ1) is 16.1. The quantitative estimate of drug-likeness (QED) is 0.613. The lowest BCUT2D eigenvalue weighted by Gasteiger charge is -2.34. The van der Waals surface area contributed by atoms with Gasteiger partial charge in [0.1, 0.15) is 28.9 Å². The van der Waals surface area contributed by atoms with Crippen molar-refractivity contribution in [2.75, 3.05) is 24.9 Å². The average Bonchev–Trinajstić information content (AvgIpc) is 3.27. The van der Waals surface area contributed by atoms with Gasteiger partial charge in [0.05, 0.1) is 20.4 Å². The van der Waals surface area contributed by atoms with E-state index in [-0.39, 0.29) is 11.7 Å². The van der Waals surface area contributed by atoms with Crippen LogP contribution in [0.5, 0.6) is 11.5 Å². The summed E-state index contributed by atoms with van der Waals surface area (Å²) < 4.78 is 12.8. The van der Waals surface area contributed by atoms with Crippen LogP contribution in [0.3, 0.4) is 0 Å². The number of rotatable bonds is 5. The van der Waals surface area contributed by atoms with Crippen LogP contribution in [0.25, 0.3) is 0 Å². The van der Waals surface area contributed by atoms with Gasteiger partial charge in [0.15, 0.2) is 5.78 Å². The number of ether oxygens (including phenoxy) is 2. The van der Waals surface area contributed by atoms with Crippen LogP contribution < -0.4 is 20.1 Å². The summed E-state index contributed by atoms with van der Waals surface area (Å²) in [5.41, 5.74) is 3.31. The Hall–Kier alpha value is -4.07. The van der Waals surface area contributed by atoms with Gasteiger partial charge in [-0.3, -0.25) is 9.59 Å². The molecule has 0 fully saturated rings. The number of allylic oxidation sites excluding steroid dienone is 2. The molecular formula is C25H24N4O4. The summed E-state index contributed by atoms with van der Waals surface area (Å²) in [4.78, 5) is 26.2. The van der Waals surface area contributed by atoms with Gasteiger partial charge in [0.2, 0.25) is 0 Å². The number of nitrogens with one attached hydrogen (secondary N) is 2. The number of nitrogens with zero attached hydrogens (tertiary/aromatic N) is 2. The number of aromatic nitrogens is 2. The van der Waals surface area contributed by atoms with E-state index in [2.05, 4.69) is 15.7 Å². The van der Waals surface area contributed by atoms with Gasteiger partial charge in [0, 0.05) is 28.9 Å². The molecule has 2 N–H and O–H groups in total. The number of anilines is 2. The van der Waals surface area contributed by atoms with E-state index in [9.17, 15) is 9.59 Å². The molecule has 2 heterocycles. The molecule has 33 heavy (non-hydrogen) atoms. The minimum absolute atomic E-state index is 0.0649. The standard InChI is InChI=1S/C25H24N4O4/c1-32-16-11-12-21(33-2)17(13-16)23-22-19(9-6-10-20(22)30)28-24-18(14-26-29(23)24)25(31)27-15-7-4-3-5-8-15/h3-5,7-8,11-14,23,28H,6,9-10H2,1-2H3,(H,27,31)/t23-/m1/s1. The molecule has 0 radical (unpaired) electrons. The molecule has 0 saturated heterocycles. The Bertz CT molecular complexity index is 1260. The third-order valence-corrected chi connectivity index (χ3v) is 6.05. The maximum Gasteiger partial charge on any atom is 0.261 e. The Kier molecular flexibility index (Phi) is 5.34. The largest absolute Gasteiger partial charge is 0.497 e. The van der Waals surface area contributed by atoms with E-state index in [1.807, 2.05) is 48.5 Å². The fraction of sp³-hybridized carbons (Fsp3) is 0.240. The number of hydrogen-bond donors (Lipinski definition) is 2. The topological polar surface area (TPSA) is 94.5 Å². The first-order valence-electron chi connectivity index (χ1n) is 10.8. The number of methoxy groups -OCH3 is 2. The molecule has 0 spiro atoms. The summed E-state index contributed by atoms with van der Waals surface area (Å²) >= 11 is 0. The second-order valence-electron chi connectivity index (χ2n) is 7.98. The fourth-order valence-electron chi connectivity index (χ4n) is 4.48. The smallest absolute Gasteiger partial charge is 0.261 e. The van der Waals surface area contributed by atoms with Crippen LogP contribution in [-0.2, 0) is 4.79 Å². The molecule has 3 aromatic rings. The van der Waals surface area contributed by atoms with Crippen molar-refractivity contribution in [3.05, 3.63) is 77.1 Å². The SMILES string of the molecule is COc1ccc(OC)c([C@@H]2C3=C(CCCC3=O)Nc3c(C(=O)Nc4ccccc4)cnn32)c1. The first kappa shape index (κ1) is 20.8. The van der Waals surface area contributed by atoms with Gasteiger partial charge in [-0.05, 0) is 43.2 Å². The summed E-state index contributed by atoms with van der Waals surface area (Å²) in [5.74, 6) is 1.59. The second-order valence-corrected chi connectivity index (χ2v) is 7.98. The van der Waals surface area contributed by atoms with Gasteiger partial charge < -0.3 is 20.1 Å². The molecular weight excluding hydrogens is 420 g/mol. The monoisotopic (exact) mass is 444 g/mol. The molecule has 1 aliphatic carbocycles. The lowest BCUT2D eigenvalue weighted by molar-refractivity contribution is -0.116. The summed E-state index contributed by atoms with van der Waals surface area (Å²) in [6.45, 7) is 0. The maximum absolute atomic E-state index is 13.1. The first-order valence-corrected chi connectivity index (χ1v) is 10.8. The van der Waals surface area contributed by atoms with E-state index in [0.717, 1.165) is 24.1 Å². The van der Waals surface area contributed by atoms with E-state index in [1.165, 1.54) is 6.20 Å². The number of hydrogen-bond acceptors (Lipinski definition) is 6. The van der Waals surface area contributed by atoms with Crippen molar-refractivity contribution >= 4 is 23.2 Å². The number of para-hydroxylation sites is 1. The number of fused-ring (bicyclic) bond motifs is 1. The number of carbonyl (C=O) groups excluding carboxylic acids is 2. The van der Waals surface area contributed by atoms with Gasteiger partial charge in [-0.25, -0.2) is 4.68 Å². The van der Waals surface area contributed by atoms with Crippen molar-refractivity contribution in [3.63, 3.8) is 0 Å². The maximum atomic E-state index is 13.1. The zero-order chi connectivity index (χ0) is 22.9. The molecule has 0 bridgehead atoms. The molecule has 1 atom stereocenters. The van der Waals surface area contributed by atoms with Crippen LogP contribution >= 0.6 is 0 Å². The van der Waals surface area contributed by atoms with Crippen LogP contribution in [-0.4, -0.2) is 35.7 Å². The lowest BCUT2D eigenvalue weighted by atomic mass is 9.85. The highest BCUT2D eigenvalue weighted by atomic mass is 16.5. The van der Waals surface area contributed by atoms with Crippen LogP contribution in [0.4, 0.5) is 11.5 Å². The normalized spacial score (nSPS) is 17.0. The Balaban J connectivity index is 1.64. The molecule has 0 saturated carbocycles. The third-order valence-electron chi connectivity index (χ3n) is 6.05. The second kappa shape index (κ2) is 8.46. The van der Waals surface area contributed by atoms with Crippen LogP contribution in [0, 0.1) is 0 Å². The molecule has 0 unspecified atom stereocenters. The summed E-state index contributed by atoms with van der Waals surface area (Å²) in [6, 6.07) is 14.2. The van der Waals surface area contributed by atoms with Gasteiger partial charge in [0.25, 0.3) is 5.91 Å². The molecule has 1 aromatic heterocycles. The summed E-state index contributed by atoms with van der Waals surface area (Å²) in [6.07, 6.45) is 3.48. The van der Waals surface area contributed by atoms with Crippen molar-refractivity contribution in [3.8, 4) is 11.5 Å². The highest BCUT2D eigenvalue weighted by Crippen LogP contribution is 2.44. The lowest BCUT2D eigenvalue weighted by Crippen LogP contribution is -2.32. The Morgan fingerprint density at radius 1 is 1.12 bits per heavy atom. The van der Waals surface area contributed by atoms with Gasteiger partial charge in [-0.15, -0.1) is 0 Å². The zero-order valence-corrected chi connectivity index (χ0v) is 18.4. The van der Waals surface area contributed by atoms with Crippen molar-refractivity contribution < 1.29 is 19.1 Å². The van der Waals surface area contributed by atoms with E-state index >= 15 is 0 Å². The molecule has 2 aromatic carbocycles. The Morgan fingerprint density at radius 2 is 1.94 bits per heavy atom. The Labute approximate surface area is 191 Å². The van der Waals surface area contributed by atoms with Crippen molar-refractivity contribution in [2.45, 2.75) is 25.3 Å². The summed E-state index contributed by atoms with van der Waals surface area (Å²) in [5, 5.41) is 10.8. The van der Waals surface area contributed by atoms with Gasteiger partial charge in [-0.1, -0.05) is 18.2 Å². The molecule has 1 amide bonds. The predicted molar refractivity (Wildman–Crippen MR) is 124 cm³/mol. The van der Waals surface area contributed by atoms with Crippen LogP contribution in [0.1, 0.15) is 41.2 Å². The molecule has 168 valence electrons. The average molecular weight is 444 g/mol. The van der Waals surface area contributed by atoms with E-state index in [4.69, 9.17) is 9.47 Å². The van der Waals surface area contributed by atoms with Crippen molar-refractivity contribution in [2.24, 2.45) is 0 Å². The highest BCUT2D eigenvalue weighted by Gasteiger charge is 2.39. The number of carbonyl (C=O) groups is 2. The minimum atomic E-state index is -0.535. The number of benzene rings is 2. The highest BCUT2D eigenvalue weighted by molar-refractivity contribution is 6.08. The molecule has 5 rings (SSSR count). The molecule has 2 aliphatic rings. The third kappa shape index (κ3) is 3.63. The summed E-state index contributed by atoms with van der Waals surface area (Å²) in [7, 11) is 3.18. The van der Waals surface area contributed by atoms with E-state index in [1.54, 1.807) is 18.9 Å². The number of Topliss-reactive ketones (excluding diaryl/α,β-unsaturated/α-hetero) is 1. The van der Waals surface area contributed by atoms with E-state index in [0.29, 0.717) is 40.6 Å². The zero-order valence-electron chi connectivity index (χ0n) is 18.4. The van der Waals surface area contributed by atoms with Gasteiger partial charge in [-0.2, -0.15) is 5.10 Å². The minimum Gasteiger partial charge on any atom is -0.497 e. The number of ketones is 1. The number of amides is 1. The molecule has 8 nitrogen and oxygen atoms in total.